The zero-order chi connectivity index (χ0) is 26.1. The van der Waals surface area contributed by atoms with Crippen molar-refractivity contribution in [1.29, 1.82) is 0 Å². The molecule has 5 rings (SSSR count). The van der Waals surface area contributed by atoms with E-state index in [0.717, 1.165) is 22.2 Å². The Morgan fingerprint density at radius 3 is 2.32 bits per heavy atom. The molecule has 0 bridgehead atoms. The number of aromatic nitrogens is 1. The molecule has 0 aliphatic carbocycles. The minimum Gasteiger partial charge on any atom is -0.507 e. The molecule has 2 N–H and O–H groups in total. The summed E-state index contributed by atoms with van der Waals surface area (Å²) in [5, 5.41) is 12.7. The standard InChI is InChI=1S/C29H25ClN2O5/c1-36-21-9-5-17(6-10-21)26-25(27(33)18-3-7-20(30)8-4-18)28(34)29(35)32(26)14-13-19-16-31-24-12-11-22(37-2)15-23(19)24/h3-12,15-16,26,31,33H,13-14H2,1-2H3/t26-/m1/s1. The van der Waals surface area contributed by atoms with Crippen LogP contribution in [0.25, 0.3) is 16.7 Å². The van der Waals surface area contributed by atoms with Crippen molar-refractivity contribution in [3.8, 4) is 11.5 Å². The first kappa shape index (κ1) is 24.5. The molecule has 8 heteroatoms. The lowest BCUT2D eigenvalue weighted by atomic mass is 9.95. The molecule has 4 aromatic rings. The molecule has 3 aromatic carbocycles. The van der Waals surface area contributed by atoms with Crippen LogP contribution in [0.4, 0.5) is 0 Å². The van der Waals surface area contributed by atoms with Crippen LogP contribution in [-0.2, 0) is 16.0 Å². The van der Waals surface area contributed by atoms with Crippen molar-refractivity contribution >= 4 is 40.0 Å². The quantitative estimate of drug-likeness (QED) is 0.192. The van der Waals surface area contributed by atoms with Gasteiger partial charge in [-0.3, -0.25) is 9.59 Å². The monoisotopic (exact) mass is 516 g/mol. The van der Waals surface area contributed by atoms with E-state index >= 15 is 0 Å². The van der Waals surface area contributed by atoms with Gasteiger partial charge in [0.1, 0.15) is 17.3 Å². The van der Waals surface area contributed by atoms with Crippen LogP contribution in [0.2, 0.25) is 5.02 Å². The number of aliphatic hydroxyl groups excluding tert-OH is 1. The Labute approximate surface area is 218 Å². The van der Waals surface area contributed by atoms with Crippen LogP contribution in [0.3, 0.4) is 0 Å². The van der Waals surface area contributed by atoms with Crippen molar-refractivity contribution < 1.29 is 24.2 Å². The molecule has 7 nitrogen and oxygen atoms in total. The lowest BCUT2D eigenvalue weighted by Gasteiger charge is -2.25. The van der Waals surface area contributed by atoms with Crippen LogP contribution in [0.15, 0.2) is 78.5 Å². The number of carbonyl (C=O) groups is 2. The topological polar surface area (TPSA) is 91.9 Å². The molecular formula is C29H25ClN2O5. The first-order valence-electron chi connectivity index (χ1n) is 11.7. The van der Waals surface area contributed by atoms with E-state index < -0.39 is 17.7 Å². The molecule has 2 heterocycles. The summed E-state index contributed by atoms with van der Waals surface area (Å²) in [6.07, 6.45) is 2.39. The highest BCUT2D eigenvalue weighted by atomic mass is 35.5. The predicted octanol–water partition coefficient (Wildman–Crippen LogP) is 5.50. The molecule has 37 heavy (non-hydrogen) atoms. The van der Waals surface area contributed by atoms with Gasteiger partial charge in [-0.2, -0.15) is 0 Å². The predicted molar refractivity (Wildman–Crippen MR) is 142 cm³/mol. The highest BCUT2D eigenvalue weighted by molar-refractivity contribution is 6.46. The van der Waals surface area contributed by atoms with Crippen molar-refractivity contribution in [2.45, 2.75) is 12.5 Å². The number of ether oxygens (including phenoxy) is 2. The van der Waals surface area contributed by atoms with E-state index in [1.807, 2.05) is 24.4 Å². The third kappa shape index (κ3) is 4.54. The maximum atomic E-state index is 13.3. The van der Waals surface area contributed by atoms with Gasteiger partial charge in [0.2, 0.25) is 0 Å². The van der Waals surface area contributed by atoms with E-state index in [0.29, 0.717) is 28.3 Å². The summed E-state index contributed by atoms with van der Waals surface area (Å²) in [5.41, 5.74) is 3.08. The largest absolute Gasteiger partial charge is 0.507 e. The van der Waals surface area contributed by atoms with Gasteiger partial charge in [0.05, 0.1) is 25.8 Å². The molecule has 1 fully saturated rings. The Kier molecular flexibility index (Phi) is 6.63. The van der Waals surface area contributed by atoms with Gasteiger partial charge in [0.25, 0.3) is 11.7 Å². The fourth-order valence-electron chi connectivity index (χ4n) is 4.74. The van der Waals surface area contributed by atoms with Gasteiger partial charge in [0.15, 0.2) is 0 Å². The summed E-state index contributed by atoms with van der Waals surface area (Å²) < 4.78 is 10.6. The number of carbonyl (C=O) groups excluding carboxylic acids is 2. The number of fused-ring (bicyclic) bond motifs is 1. The van der Waals surface area contributed by atoms with Crippen LogP contribution >= 0.6 is 11.6 Å². The number of benzene rings is 3. The third-order valence-corrected chi connectivity index (χ3v) is 6.94. The molecule has 0 saturated carbocycles. The summed E-state index contributed by atoms with van der Waals surface area (Å²) in [7, 11) is 3.18. The van der Waals surface area contributed by atoms with E-state index in [1.165, 1.54) is 4.90 Å². The van der Waals surface area contributed by atoms with E-state index in [9.17, 15) is 14.7 Å². The number of rotatable bonds is 7. The van der Waals surface area contributed by atoms with Gasteiger partial charge in [-0.1, -0.05) is 23.7 Å². The smallest absolute Gasteiger partial charge is 0.295 e. The number of aliphatic hydroxyl groups is 1. The number of aromatic amines is 1. The Bertz CT molecular complexity index is 1510. The molecule has 1 atom stereocenters. The van der Waals surface area contributed by atoms with Crippen molar-refractivity contribution in [1.82, 2.24) is 9.88 Å². The lowest BCUT2D eigenvalue weighted by Crippen LogP contribution is -2.31. The summed E-state index contributed by atoms with van der Waals surface area (Å²) in [6, 6.07) is 18.6. The Hall–Kier alpha value is -4.23. The van der Waals surface area contributed by atoms with Gasteiger partial charge >= 0.3 is 0 Å². The number of ketones is 1. The average Bonchev–Trinajstić information content (AvgIpc) is 3.44. The van der Waals surface area contributed by atoms with Gasteiger partial charge in [0, 0.05) is 34.2 Å². The minimum atomic E-state index is -0.763. The Morgan fingerprint density at radius 2 is 1.65 bits per heavy atom. The number of likely N-dealkylation sites (tertiary alicyclic amines) is 1. The van der Waals surface area contributed by atoms with Crippen LogP contribution in [0.1, 0.15) is 22.7 Å². The van der Waals surface area contributed by atoms with Crippen molar-refractivity contribution in [2.24, 2.45) is 0 Å². The summed E-state index contributed by atoms with van der Waals surface area (Å²) in [4.78, 5) is 31.3. The molecule has 0 unspecified atom stereocenters. The van der Waals surface area contributed by atoms with Crippen LogP contribution < -0.4 is 9.47 Å². The molecule has 0 radical (unpaired) electrons. The van der Waals surface area contributed by atoms with Crippen LogP contribution in [0.5, 0.6) is 11.5 Å². The molecule has 1 aliphatic rings. The second kappa shape index (κ2) is 10.0. The highest BCUT2D eigenvalue weighted by Crippen LogP contribution is 2.40. The summed E-state index contributed by atoms with van der Waals surface area (Å²) in [6.45, 7) is 0.267. The SMILES string of the molecule is COc1ccc([C@@H]2C(=C(O)c3ccc(Cl)cc3)C(=O)C(=O)N2CCc2c[nH]c3ccc(OC)cc23)cc1. The zero-order valence-corrected chi connectivity index (χ0v) is 21.1. The molecule has 0 spiro atoms. The van der Waals surface area contributed by atoms with Crippen molar-refractivity contribution in [2.75, 3.05) is 20.8 Å². The van der Waals surface area contributed by atoms with Crippen molar-refractivity contribution in [3.05, 3.63) is 100 Å². The first-order valence-corrected chi connectivity index (χ1v) is 12.1. The van der Waals surface area contributed by atoms with E-state index in [4.69, 9.17) is 21.1 Å². The van der Waals surface area contributed by atoms with Crippen molar-refractivity contribution in [3.63, 3.8) is 0 Å². The second-order valence-corrected chi connectivity index (χ2v) is 9.18. The average molecular weight is 517 g/mol. The zero-order valence-electron chi connectivity index (χ0n) is 20.3. The number of nitrogens with one attached hydrogen (secondary N) is 1. The number of hydrogen-bond acceptors (Lipinski definition) is 5. The van der Waals surface area contributed by atoms with Crippen LogP contribution in [-0.4, -0.2) is 47.4 Å². The fourth-order valence-corrected chi connectivity index (χ4v) is 4.86. The second-order valence-electron chi connectivity index (χ2n) is 8.75. The van der Waals surface area contributed by atoms with Crippen LogP contribution in [0, 0.1) is 0 Å². The Morgan fingerprint density at radius 1 is 0.973 bits per heavy atom. The molecular weight excluding hydrogens is 492 g/mol. The number of methoxy groups -OCH3 is 2. The number of H-pyrrole nitrogens is 1. The fraction of sp³-hybridized carbons (Fsp3) is 0.172. The molecule has 188 valence electrons. The third-order valence-electron chi connectivity index (χ3n) is 6.69. The minimum absolute atomic E-state index is 0.0399. The van der Waals surface area contributed by atoms with E-state index in [-0.39, 0.29) is 17.9 Å². The molecule has 1 saturated heterocycles. The maximum absolute atomic E-state index is 13.3. The lowest BCUT2D eigenvalue weighted by molar-refractivity contribution is -0.139. The number of hydrogen-bond donors (Lipinski definition) is 2. The summed E-state index contributed by atoms with van der Waals surface area (Å²) >= 11 is 6.01. The number of nitrogens with zero attached hydrogens (tertiary/aromatic N) is 1. The van der Waals surface area contributed by atoms with Gasteiger partial charge < -0.3 is 24.5 Å². The first-order chi connectivity index (χ1) is 17.9. The van der Waals surface area contributed by atoms with Gasteiger partial charge in [-0.05, 0) is 72.1 Å². The number of halogens is 1. The van der Waals surface area contributed by atoms with Gasteiger partial charge in [-0.15, -0.1) is 0 Å². The number of Topliss-reactive ketones (excluding diaryl/α,β-unsaturated/α-hetero) is 1. The highest BCUT2D eigenvalue weighted by Gasteiger charge is 2.45. The van der Waals surface area contributed by atoms with E-state index in [2.05, 4.69) is 4.98 Å². The summed E-state index contributed by atoms with van der Waals surface area (Å²) in [5.74, 6) is -0.251. The Balaban J connectivity index is 1.55. The molecule has 1 aliphatic heterocycles. The molecule has 1 aromatic heterocycles. The normalized spacial score (nSPS) is 16.9. The maximum Gasteiger partial charge on any atom is 0.295 e. The van der Waals surface area contributed by atoms with E-state index in [1.54, 1.807) is 62.8 Å². The van der Waals surface area contributed by atoms with Gasteiger partial charge in [-0.25, -0.2) is 0 Å². The number of amides is 1. The molecule has 1 amide bonds.